The Kier molecular flexibility index (Phi) is 7.49. The second-order valence-electron chi connectivity index (χ2n) is 10.3. The summed E-state index contributed by atoms with van der Waals surface area (Å²) in [4.78, 5) is 19.9. The molecular weight excluding hydrogens is 488 g/mol. The van der Waals surface area contributed by atoms with E-state index in [2.05, 4.69) is 50.1 Å². The second-order valence-corrected chi connectivity index (χ2v) is 16.9. The van der Waals surface area contributed by atoms with E-state index >= 15 is 0 Å². The third-order valence-corrected chi connectivity index (χ3v) is 9.03. The number of pyridine rings is 2. The summed E-state index contributed by atoms with van der Waals surface area (Å²) in [6, 6.07) is 7.03. The first-order valence-corrected chi connectivity index (χ1v) is 17.0. The van der Waals surface area contributed by atoms with Gasteiger partial charge in [0.15, 0.2) is 0 Å². The van der Waals surface area contributed by atoms with Crippen molar-refractivity contribution in [3.05, 3.63) is 48.0 Å². The lowest BCUT2D eigenvalue weighted by molar-refractivity contribution is 0.153. The number of nitrogens with one attached hydrogen (secondary N) is 1. The second kappa shape index (κ2) is 10.9. The number of ether oxygens (including phenoxy) is 1. The van der Waals surface area contributed by atoms with Gasteiger partial charge in [-0.05, 0) is 37.1 Å². The van der Waals surface area contributed by atoms with Gasteiger partial charge in [0.05, 0.1) is 29.1 Å². The molecule has 1 aliphatic carbocycles. The van der Waals surface area contributed by atoms with Crippen molar-refractivity contribution >= 4 is 52.9 Å². The van der Waals surface area contributed by atoms with E-state index in [0.29, 0.717) is 18.5 Å². The zero-order chi connectivity index (χ0) is 25.0. The third kappa shape index (κ3) is 6.21. The van der Waals surface area contributed by atoms with Crippen LogP contribution in [0.2, 0.25) is 25.7 Å². The highest BCUT2D eigenvalue weighted by atomic mass is 32.1. The molecule has 0 amide bonds. The Hall–Kier alpha value is -3.02. The lowest BCUT2D eigenvalue weighted by Gasteiger charge is -2.22. The smallest absolute Gasteiger partial charge is 0.215 e. The molecule has 1 saturated carbocycles. The monoisotopic (exact) mass is 520 g/mol. The van der Waals surface area contributed by atoms with Gasteiger partial charge in [0.25, 0.3) is 0 Å². The van der Waals surface area contributed by atoms with E-state index in [1.807, 2.05) is 23.1 Å². The fourth-order valence-corrected chi connectivity index (χ4v) is 5.92. The third-order valence-electron chi connectivity index (χ3n) is 6.22. The van der Waals surface area contributed by atoms with Crippen LogP contribution in [0.25, 0.3) is 11.0 Å². The zero-order valence-corrected chi connectivity index (χ0v) is 22.8. The fourth-order valence-electron chi connectivity index (χ4n) is 4.15. The van der Waals surface area contributed by atoms with Crippen LogP contribution in [0.3, 0.4) is 0 Å². The van der Waals surface area contributed by atoms with Crippen molar-refractivity contribution < 1.29 is 4.74 Å². The van der Waals surface area contributed by atoms with E-state index in [4.69, 9.17) is 9.72 Å². The first kappa shape index (κ1) is 24.7. The van der Waals surface area contributed by atoms with E-state index < -0.39 is 8.07 Å². The summed E-state index contributed by atoms with van der Waals surface area (Å²) in [6.07, 6.45) is 11.7. The van der Waals surface area contributed by atoms with E-state index in [-0.39, 0.29) is 0 Å². The van der Waals surface area contributed by atoms with Gasteiger partial charge < -0.3 is 10.1 Å². The van der Waals surface area contributed by atoms with Crippen molar-refractivity contribution in [3.8, 4) is 0 Å². The molecule has 1 fully saturated rings. The van der Waals surface area contributed by atoms with Gasteiger partial charge >= 0.3 is 0 Å². The molecule has 9 nitrogen and oxygen atoms in total. The molecule has 1 N–H and O–H groups in total. The van der Waals surface area contributed by atoms with Gasteiger partial charge in [-0.1, -0.05) is 43.8 Å². The SMILES string of the molecule is C[Si](C)(C)CCOCN(c1ccc2ncc(Nc3cnccn3)cc2n1)c1nnc(C2CCCC2)s1. The molecule has 0 radical (unpaired) electrons. The number of rotatable bonds is 10. The van der Waals surface area contributed by atoms with Crippen LogP contribution in [0.1, 0.15) is 36.6 Å². The van der Waals surface area contributed by atoms with Crippen molar-refractivity contribution in [1.29, 1.82) is 0 Å². The standard InChI is InChI=1S/C25H32N8OSSi/c1-36(2,3)13-12-34-17-33(25-32-31-24(35-25)18-6-4-5-7-18)23-9-8-20-21(30-23)14-19(15-28-20)29-22-16-26-10-11-27-22/h8-11,14-16,18H,4-7,12-13,17H2,1-3H3,(H,27,29). The largest absolute Gasteiger partial charge is 0.361 e. The van der Waals surface area contributed by atoms with Crippen LogP contribution >= 0.6 is 11.3 Å². The first-order chi connectivity index (χ1) is 17.4. The van der Waals surface area contributed by atoms with Gasteiger partial charge in [-0.15, -0.1) is 10.2 Å². The first-order valence-electron chi connectivity index (χ1n) is 12.4. The Bertz CT molecular complexity index is 1290. The Morgan fingerprint density at radius 2 is 1.92 bits per heavy atom. The van der Waals surface area contributed by atoms with Gasteiger partial charge in [0.2, 0.25) is 5.13 Å². The highest BCUT2D eigenvalue weighted by Gasteiger charge is 2.24. The molecule has 4 heterocycles. The average molecular weight is 521 g/mol. The van der Waals surface area contributed by atoms with Crippen molar-refractivity contribution in [2.45, 2.75) is 57.3 Å². The maximum atomic E-state index is 6.15. The number of hydrogen-bond acceptors (Lipinski definition) is 10. The highest BCUT2D eigenvalue weighted by Crippen LogP contribution is 2.38. The van der Waals surface area contributed by atoms with Gasteiger partial charge in [0, 0.05) is 33.0 Å². The molecule has 5 rings (SSSR count). The highest BCUT2D eigenvalue weighted by molar-refractivity contribution is 7.15. The quantitative estimate of drug-likeness (QED) is 0.150. The Morgan fingerprint density at radius 1 is 1.06 bits per heavy atom. The zero-order valence-electron chi connectivity index (χ0n) is 21.0. The number of fused-ring (bicyclic) bond motifs is 1. The predicted molar refractivity (Wildman–Crippen MR) is 147 cm³/mol. The van der Waals surface area contributed by atoms with Crippen LogP contribution in [0.15, 0.2) is 43.0 Å². The Balaban J connectivity index is 1.41. The predicted octanol–water partition coefficient (Wildman–Crippen LogP) is 6.12. The summed E-state index contributed by atoms with van der Waals surface area (Å²) < 4.78 is 6.15. The van der Waals surface area contributed by atoms with Gasteiger partial charge in [0.1, 0.15) is 23.4 Å². The molecular formula is C25H32N8OSSi. The van der Waals surface area contributed by atoms with Crippen molar-refractivity contribution in [3.63, 3.8) is 0 Å². The van der Waals surface area contributed by atoms with Crippen molar-refractivity contribution in [1.82, 2.24) is 30.1 Å². The topological polar surface area (TPSA) is 102 Å². The molecule has 0 atom stereocenters. The molecule has 0 saturated heterocycles. The normalized spacial score (nSPS) is 14.4. The van der Waals surface area contributed by atoms with Crippen LogP contribution < -0.4 is 10.2 Å². The van der Waals surface area contributed by atoms with E-state index in [1.165, 1.54) is 25.7 Å². The summed E-state index contributed by atoms with van der Waals surface area (Å²) in [5, 5.41) is 14.3. The maximum Gasteiger partial charge on any atom is 0.215 e. The molecule has 1 aliphatic rings. The average Bonchev–Trinajstić information content (AvgIpc) is 3.56. The van der Waals surface area contributed by atoms with Crippen molar-refractivity contribution in [2.75, 3.05) is 23.6 Å². The summed E-state index contributed by atoms with van der Waals surface area (Å²) in [7, 11) is -1.19. The molecule has 0 aromatic carbocycles. The molecule has 4 aromatic heterocycles. The summed E-state index contributed by atoms with van der Waals surface area (Å²) >= 11 is 1.66. The van der Waals surface area contributed by atoms with Crippen molar-refractivity contribution in [2.24, 2.45) is 0 Å². The minimum atomic E-state index is -1.19. The minimum Gasteiger partial charge on any atom is -0.361 e. The molecule has 11 heteroatoms. The molecule has 36 heavy (non-hydrogen) atoms. The fraction of sp³-hybridized carbons (Fsp3) is 0.440. The number of nitrogens with zero attached hydrogens (tertiary/aromatic N) is 7. The van der Waals surface area contributed by atoms with Gasteiger partial charge in [-0.25, -0.2) is 9.97 Å². The number of anilines is 4. The van der Waals surface area contributed by atoms with E-state index in [1.54, 1.807) is 36.1 Å². The van der Waals surface area contributed by atoms with Gasteiger partial charge in [-0.3, -0.25) is 14.9 Å². The molecule has 0 unspecified atom stereocenters. The van der Waals surface area contributed by atoms with Crippen LogP contribution in [0.5, 0.6) is 0 Å². The molecule has 0 spiro atoms. The van der Waals surface area contributed by atoms with Crippen LogP contribution in [-0.4, -0.2) is 51.5 Å². The molecule has 0 bridgehead atoms. The summed E-state index contributed by atoms with van der Waals surface area (Å²) in [5.41, 5.74) is 2.38. The van der Waals surface area contributed by atoms with Gasteiger partial charge in [-0.2, -0.15) is 0 Å². The minimum absolute atomic E-state index is 0.382. The Morgan fingerprint density at radius 3 is 2.69 bits per heavy atom. The van der Waals surface area contributed by atoms with E-state index in [0.717, 1.165) is 45.3 Å². The Labute approximate surface area is 216 Å². The molecule has 0 aliphatic heterocycles. The van der Waals surface area contributed by atoms with Crippen LogP contribution in [0.4, 0.5) is 22.5 Å². The lowest BCUT2D eigenvalue weighted by atomic mass is 10.1. The lowest BCUT2D eigenvalue weighted by Crippen LogP contribution is -2.26. The van der Waals surface area contributed by atoms with Crippen LogP contribution in [0, 0.1) is 0 Å². The summed E-state index contributed by atoms with van der Waals surface area (Å²) in [6.45, 7) is 8.18. The summed E-state index contributed by atoms with van der Waals surface area (Å²) in [5.74, 6) is 1.94. The number of hydrogen-bond donors (Lipinski definition) is 1. The molecule has 4 aromatic rings. The number of aromatic nitrogens is 6. The molecule has 188 valence electrons. The van der Waals surface area contributed by atoms with E-state index in [9.17, 15) is 0 Å². The van der Waals surface area contributed by atoms with Crippen LogP contribution in [-0.2, 0) is 4.74 Å². The maximum absolute atomic E-state index is 6.15.